The summed E-state index contributed by atoms with van der Waals surface area (Å²) in [5.74, 6) is -1.05. The lowest BCUT2D eigenvalue weighted by Gasteiger charge is -2.22. The quantitative estimate of drug-likeness (QED) is 0.376. The van der Waals surface area contributed by atoms with Crippen LogP contribution in [0, 0.1) is 6.92 Å². The highest BCUT2D eigenvalue weighted by Gasteiger charge is 2.45. The second-order valence-electron chi connectivity index (χ2n) is 7.43. The van der Waals surface area contributed by atoms with Gasteiger partial charge < -0.3 is 9.15 Å². The molecule has 4 aromatic rings. The molecule has 0 aliphatic carbocycles. The lowest BCUT2D eigenvalue weighted by atomic mass is 9.99. The number of amides is 1. The molecule has 2 aromatic heterocycles. The minimum Gasteiger partial charge on any atom is -0.462 e. The van der Waals surface area contributed by atoms with Gasteiger partial charge in [0, 0.05) is 5.02 Å². The summed E-state index contributed by atoms with van der Waals surface area (Å²) in [5.41, 5.74) is 1.37. The zero-order chi connectivity index (χ0) is 23.3. The maximum Gasteiger partial charge on any atom is 0.350 e. The van der Waals surface area contributed by atoms with E-state index in [9.17, 15) is 14.4 Å². The van der Waals surface area contributed by atoms with Crippen molar-refractivity contribution in [2.45, 2.75) is 19.9 Å². The fraction of sp³-hybridized carbons (Fsp3) is 0.167. The maximum absolute atomic E-state index is 13.6. The molecule has 1 aliphatic heterocycles. The molecule has 1 amide bonds. The fourth-order valence-electron chi connectivity index (χ4n) is 3.95. The van der Waals surface area contributed by atoms with E-state index >= 15 is 0 Å². The first-order valence-corrected chi connectivity index (χ1v) is 11.4. The van der Waals surface area contributed by atoms with E-state index in [2.05, 4.69) is 4.98 Å². The number of esters is 1. The number of aryl methyl sites for hydroxylation is 1. The molecule has 9 heteroatoms. The van der Waals surface area contributed by atoms with E-state index in [0.29, 0.717) is 32.1 Å². The van der Waals surface area contributed by atoms with Crippen LogP contribution >= 0.6 is 22.9 Å². The van der Waals surface area contributed by atoms with Crippen molar-refractivity contribution in [1.82, 2.24) is 4.98 Å². The van der Waals surface area contributed by atoms with Crippen LogP contribution in [0.5, 0.6) is 0 Å². The second-order valence-corrected chi connectivity index (χ2v) is 8.84. The van der Waals surface area contributed by atoms with E-state index in [0.717, 1.165) is 11.3 Å². The number of benzene rings is 2. The lowest BCUT2D eigenvalue weighted by Crippen LogP contribution is -2.29. The van der Waals surface area contributed by atoms with E-state index in [1.807, 2.05) is 0 Å². The molecule has 0 saturated heterocycles. The average molecular weight is 481 g/mol. The van der Waals surface area contributed by atoms with Crippen molar-refractivity contribution in [3.05, 3.63) is 91.2 Å². The van der Waals surface area contributed by atoms with Gasteiger partial charge in [-0.05, 0) is 43.7 Å². The molecule has 3 heterocycles. The van der Waals surface area contributed by atoms with E-state index in [1.165, 1.54) is 4.90 Å². The monoisotopic (exact) mass is 480 g/mol. The molecule has 2 aromatic carbocycles. The third kappa shape index (κ3) is 3.42. The van der Waals surface area contributed by atoms with Gasteiger partial charge in [0.15, 0.2) is 10.6 Å². The fourth-order valence-corrected chi connectivity index (χ4v) is 5.06. The van der Waals surface area contributed by atoms with Crippen LogP contribution in [0.4, 0.5) is 5.13 Å². The highest BCUT2D eigenvalue weighted by molar-refractivity contribution is 7.17. The molecular formula is C24H17ClN2O5S. The smallest absolute Gasteiger partial charge is 0.350 e. The number of hydrogen-bond acceptors (Lipinski definition) is 7. The Hall–Kier alpha value is -3.49. The zero-order valence-electron chi connectivity index (χ0n) is 17.6. The number of nitrogens with zero attached hydrogens (tertiary/aromatic N) is 2. The highest BCUT2D eigenvalue weighted by Crippen LogP contribution is 2.43. The second kappa shape index (κ2) is 8.13. The van der Waals surface area contributed by atoms with Crippen LogP contribution in [0.25, 0.3) is 11.0 Å². The summed E-state index contributed by atoms with van der Waals surface area (Å²) in [5, 5.41) is 1.18. The van der Waals surface area contributed by atoms with Crippen LogP contribution in [-0.4, -0.2) is 23.5 Å². The van der Waals surface area contributed by atoms with Gasteiger partial charge in [-0.3, -0.25) is 14.5 Å². The van der Waals surface area contributed by atoms with Gasteiger partial charge >= 0.3 is 5.97 Å². The van der Waals surface area contributed by atoms with Crippen molar-refractivity contribution < 1.29 is 18.7 Å². The number of rotatable bonds is 4. The van der Waals surface area contributed by atoms with Gasteiger partial charge in [-0.2, -0.15) is 0 Å². The van der Waals surface area contributed by atoms with Gasteiger partial charge in [0.1, 0.15) is 10.5 Å². The van der Waals surface area contributed by atoms with Crippen LogP contribution in [-0.2, 0) is 4.74 Å². The Bertz CT molecular complexity index is 1470. The summed E-state index contributed by atoms with van der Waals surface area (Å²) >= 11 is 7.12. The predicted octanol–water partition coefficient (Wildman–Crippen LogP) is 5.14. The van der Waals surface area contributed by atoms with Gasteiger partial charge in [0.2, 0.25) is 5.76 Å². The van der Waals surface area contributed by atoms with E-state index in [-0.39, 0.29) is 28.5 Å². The molecule has 0 saturated carbocycles. The van der Waals surface area contributed by atoms with Crippen LogP contribution in [0.2, 0.25) is 5.02 Å². The van der Waals surface area contributed by atoms with Crippen molar-refractivity contribution in [3.8, 4) is 0 Å². The number of fused-ring (bicyclic) bond motifs is 2. The van der Waals surface area contributed by atoms with Crippen molar-refractivity contribution in [1.29, 1.82) is 0 Å². The average Bonchev–Trinajstić information content (AvgIpc) is 3.32. The van der Waals surface area contributed by atoms with Gasteiger partial charge in [0.25, 0.3) is 5.91 Å². The molecule has 0 bridgehead atoms. The number of aromatic nitrogens is 1. The van der Waals surface area contributed by atoms with Gasteiger partial charge in [-0.15, -0.1) is 0 Å². The molecule has 0 spiro atoms. The third-order valence-electron chi connectivity index (χ3n) is 5.42. The molecule has 33 heavy (non-hydrogen) atoms. The minimum atomic E-state index is -0.786. The minimum absolute atomic E-state index is 0.0378. The lowest BCUT2D eigenvalue weighted by molar-refractivity contribution is 0.0531. The van der Waals surface area contributed by atoms with Crippen molar-refractivity contribution in [3.63, 3.8) is 0 Å². The van der Waals surface area contributed by atoms with Crippen LogP contribution in [0.15, 0.2) is 57.7 Å². The molecule has 0 fully saturated rings. The zero-order valence-corrected chi connectivity index (χ0v) is 19.2. The summed E-state index contributed by atoms with van der Waals surface area (Å²) in [4.78, 5) is 45.6. The predicted molar refractivity (Wildman–Crippen MR) is 125 cm³/mol. The van der Waals surface area contributed by atoms with Crippen LogP contribution in [0.1, 0.15) is 50.0 Å². The molecule has 1 aliphatic rings. The van der Waals surface area contributed by atoms with E-state index < -0.39 is 17.9 Å². The van der Waals surface area contributed by atoms with Crippen molar-refractivity contribution in [2.24, 2.45) is 0 Å². The normalized spacial score (nSPS) is 15.2. The maximum atomic E-state index is 13.6. The first-order valence-electron chi connectivity index (χ1n) is 10.2. The van der Waals surface area contributed by atoms with Gasteiger partial charge in [0.05, 0.1) is 29.3 Å². The molecular weight excluding hydrogens is 464 g/mol. The Balaban J connectivity index is 1.74. The summed E-state index contributed by atoms with van der Waals surface area (Å²) in [6, 6.07) is 12.9. The first-order chi connectivity index (χ1) is 15.9. The standard InChI is InChI=1S/C24H17ClN2O5S/c1-3-31-23(30)21-12(2)26-24(33-21)27-18(13-8-10-14(25)11-9-13)17-19(28)15-6-4-5-7-16(15)32-20(17)22(27)29/h4-11,18H,3H2,1-2H3/t18-/m1/s1. The Labute approximate surface area is 197 Å². The van der Waals surface area contributed by atoms with Crippen LogP contribution < -0.4 is 10.3 Å². The first kappa shape index (κ1) is 21.4. The van der Waals surface area contributed by atoms with E-state index in [1.54, 1.807) is 62.4 Å². The highest BCUT2D eigenvalue weighted by atomic mass is 35.5. The Morgan fingerprint density at radius 1 is 1.18 bits per heavy atom. The Morgan fingerprint density at radius 2 is 1.91 bits per heavy atom. The summed E-state index contributed by atoms with van der Waals surface area (Å²) in [6.07, 6.45) is 0. The molecule has 166 valence electrons. The molecule has 0 radical (unpaired) electrons. The summed E-state index contributed by atoms with van der Waals surface area (Å²) in [6.45, 7) is 3.61. The van der Waals surface area contributed by atoms with Crippen LogP contribution in [0.3, 0.4) is 0 Å². The summed E-state index contributed by atoms with van der Waals surface area (Å²) in [7, 11) is 0. The third-order valence-corrected chi connectivity index (χ3v) is 6.80. The number of carbonyl (C=O) groups excluding carboxylic acids is 2. The summed E-state index contributed by atoms with van der Waals surface area (Å²) < 4.78 is 11.0. The molecule has 1 atom stereocenters. The number of ether oxygens (including phenoxy) is 1. The van der Waals surface area contributed by atoms with Crippen molar-refractivity contribution >= 4 is 50.9 Å². The number of anilines is 1. The number of carbonyl (C=O) groups is 2. The Morgan fingerprint density at radius 3 is 2.64 bits per heavy atom. The molecule has 0 unspecified atom stereocenters. The number of para-hydroxylation sites is 1. The topological polar surface area (TPSA) is 89.7 Å². The molecule has 5 rings (SSSR count). The largest absolute Gasteiger partial charge is 0.462 e. The van der Waals surface area contributed by atoms with E-state index in [4.69, 9.17) is 20.8 Å². The Kier molecular flexibility index (Phi) is 5.26. The molecule has 7 nitrogen and oxygen atoms in total. The van der Waals surface area contributed by atoms with Gasteiger partial charge in [-0.1, -0.05) is 47.2 Å². The molecule has 0 N–H and O–H groups in total. The SMILES string of the molecule is CCOC(=O)c1sc(N2C(=O)c3oc4ccccc4c(=O)c3[C@H]2c2ccc(Cl)cc2)nc1C. The van der Waals surface area contributed by atoms with Gasteiger partial charge in [-0.25, -0.2) is 9.78 Å². The van der Waals surface area contributed by atoms with Crippen molar-refractivity contribution in [2.75, 3.05) is 11.5 Å². The number of halogens is 1. The number of hydrogen-bond donors (Lipinski definition) is 0. The number of thiazole rings is 1.